The molecule has 0 saturated carbocycles. The highest BCUT2D eigenvalue weighted by molar-refractivity contribution is 7.13. The van der Waals surface area contributed by atoms with Crippen LogP contribution in [0.1, 0.15) is 56.1 Å². The van der Waals surface area contributed by atoms with Crippen molar-refractivity contribution in [1.82, 2.24) is 24.8 Å². The monoisotopic (exact) mass is 670 g/mol. The standard InChI is InChI=1S/C33H37F3N6O4S/c1-5-46-31(44)25-17-42(13-10-20-8-11-41(4)12-9-20)26-7-6-21(14-23(26)29(25)43)24-16-37-28(40-32(45)38-19(2)3)15-22(24)30-39-27(18-47-30)33(34,35)36/h6-7,14-20H,5,8-13H2,1-4H3,(H2,37,38,40,45). The summed E-state index contributed by atoms with van der Waals surface area (Å²) in [5, 5.41) is 6.52. The Morgan fingerprint density at radius 1 is 1.15 bits per heavy atom. The second-order valence-corrected chi connectivity index (χ2v) is 12.8. The van der Waals surface area contributed by atoms with Crippen molar-refractivity contribution in [1.29, 1.82) is 0 Å². The largest absolute Gasteiger partial charge is 0.462 e. The lowest BCUT2D eigenvalue weighted by Crippen LogP contribution is -2.34. The topological polar surface area (TPSA) is 118 Å². The Morgan fingerprint density at radius 2 is 1.89 bits per heavy atom. The first kappa shape index (κ1) is 34.0. The van der Waals surface area contributed by atoms with Crippen LogP contribution in [0.5, 0.6) is 0 Å². The van der Waals surface area contributed by atoms with Gasteiger partial charge in [0, 0.05) is 46.9 Å². The minimum atomic E-state index is -4.65. The Kier molecular flexibility index (Phi) is 10.3. The summed E-state index contributed by atoms with van der Waals surface area (Å²) < 4.78 is 47.7. The minimum absolute atomic E-state index is 0.0537. The molecule has 4 heterocycles. The number of esters is 1. The van der Waals surface area contributed by atoms with E-state index in [9.17, 15) is 27.6 Å². The fourth-order valence-electron chi connectivity index (χ4n) is 5.65. The molecule has 2 amide bonds. The number of thiazole rings is 1. The third-order valence-electron chi connectivity index (χ3n) is 8.09. The molecule has 0 spiro atoms. The van der Waals surface area contributed by atoms with Gasteiger partial charge >= 0.3 is 18.2 Å². The summed E-state index contributed by atoms with van der Waals surface area (Å²) in [7, 11) is 2.10. The van der Waals surface area contributed by atoms with E-state index in [1.807, 2.05) is 4.57 Å². The number of aryl methyl sites for hydroxylation is 1. The quantitative estimate of drug-likeness (QED) is 0.192. The number of pyridine rings is 2. The van der Waals surface area contributed by atoms with E-state index < -0.39 is 29.3 Å². The molecule has 1 aliphatic heterocycles. The van der Waals surface area contributed by atoms with Gasteiger partial charge in [-0.05, 0) is 89.9 Å². The normalized spacial score (nSPS) is 14.5. The van der Waals surface area contributed by atoms with Crippen LogP contribution in [0.4, 0.5) is 23.8 Å². The molecule has 1 fully saturated rings. The smallest absolute Gasteiger partial charge is 0.434 e. The Hall–Kier alpha value is -4.30. The number of likely N-dealkylation sites (tertiary alicyclic amines) is 1. The number of alkyl halides is 3. The van der Waals surface area contributed by atoms with Crippen LogP contribution in [-0.4, -0.2) is 64.2 Å². The maximum absolute atomic E-state index is 13.7. The number of nitrogens with one attached hydrogen (secondary N) is 2. The third-order valence-corrected chi connectivity index (χ3v) is 8.97. The minimum Gasteiger partial charge on any atom is -0.462 e. The molecule has 1 saturated heterocycles. The van der Waals surface area contributed by atoms with Crippen LogP contribution < -0.4 is 16.1 Å². The third kappa shape index (κ3) is 7.99. The molecule has 0 bridgehead atoms. The van der Waals surface area contributed by atoms with Crippen LogP contribution in [0.15, 0.2) is 46.8 Å². The Balaban J connectivity index is 1.60. The maximum Gasteiger partial charge on any atom is 0.434 e. The van der Waals surface area contributed by atoms with Gasteiger partial charge in [-0.25, -0.2) is 19.6 Å². The van der Waals surface area contributed by atoms with E-state index in [1.54, 1.807) is 45.2 Å². The SMILES string of the molecule is CCOC(=O)c1cn(CCC2CCN(C)CC2)c2ccc(-c3cnc(NC(=O)NC(C)C)cc3-c3nc(C(F)(F)F)cs3)cc2c1=O. The van der Waals surface area contributed by atoms with E-state index in [-0.39, 0.29) is 40.0 Å². The summed E-state index contributed by atoms with van der Waals surface area (Å²) in [5.74, 6) is -0.112. The van der Waals surface area contributed by atoms with Crippen molar-refractivity contribution in [2.45, 2.75) is 58.8 Å². The van der Waals surface area contributed by atoms with Gasteiger partial charge in [-0.1, -0.05) is 6.07 Å². The van der Waals surface area contributed by atoms with E-state index in [4.69, 9.17) is 4.74 Å². The zero-order chi connectivity index (χ0) is 33.9. The average molecular weight is 671 g/mol. The predicted octanol–water partition coefficient (Wildman–Crippen LogP) is 6.64. The molecular weight excluding hydrogens is 633 g/mol. The van der Waals surface area contributed by atoms with E-state index in [0.29, 0.717) is 29.1 Å². The van der Waals surface area contributed by atoms with E-state index >= 15 is 0 Å². The molecule has 2 N–H and O–H groups in total. The van der Waals surface area contributed by atoms with Gasteiger partial charge in [-0.15, -0.1) is 11.3 Å². The second kappa shape index (κ2) is 14.2. The van der Waals surface area contributed by atoms with Gasteiger partial charge in [-0.3, -0.25) is 10.1 Å². The number of amides is 2. The van der Waals surface area contributed by atoms with Crippen LogP contribution in [0.2, 0.25) is 0 Å². The number of ether oxygens (including phenoxy) is 1. The van der Waals surface area contributed by atoms with Gasteiger partial charge in [0.25, 0.3) is 0 Å². The fourth-order valence-corrected chi connectivity index (χ4v) is 6.51. The number of benzene rings is 1. The fraction of sp³-hybridized carbons (Fsp3) is 0.424. The van der Waals surface area contributed by atoms with Crippen molar-refractivity contribution in [3.05, 3.63) is 63.5 Å². The van der Waals surface area contributed by atoms with Crippen molar-refractivity contribution in [2.75, 3.05) is 32.1 Å². The van der Waals surface area contributed by atoms with Gasteiger partial charge in [0.05, 0.1) is 12.1 Å². The van der Waals surface area contributed by atoms with Gasteiger partial charge in [0.15, 0.2) is 5.69 Å². The number of aromatic nitrogens is 3. The predicted molar refractivity (Wildman–Crippen MR) is 176 cm³/mol. The first-order valence-electron chi connectivity index (χ1n) is 15.5. The molecule has 3 aromatic heterocycles. The highest BCUT2D eigenvalue weighted by atomic mass is 32.1. The lowest BCUT2D eigenvalue weighted by Gasteiger charge is -2.29. The zero-order valence-corrected chi connectivity index (χ0v) is 27.4. The molecule has 0 atom stereocenters. The summed E-state index contributed by atoms with van der Waals surface area (Å²) in [4.78, 5) is 49.5. The highest BCUT2D eigenvalue weighted by Gasteiger charge is 2.34. The molecule has 1 aromatic carbocycles. The summed E-state index contributed by atoms with van der Waals surface area (Å²) in [6.07, 6.45) is 1.33. The average Bonchev–Trinajstić information content (AvgIpc) is 3.52. The van der Waals surface area contributed by atoms with Crippen LogP contribution in [0.25, 0.3) is 32.6 Å². The molecule has 250 valence electrons. The molecule has 0 aliphatic carbocycles. The molecule has 0 radical (unpaired) electrons. The first-order chi connectivity index (χ1) is 22.3. The van der Waals surface area contributed by atoms with Crippen LogP contribution in [-0.2, 0) is 17.5 Å². The second-order valence-electron chi connectivity index (χ2n) is 12.0. The van der Waals surface area contributed by atoms with Crippen molar-refractivity contribution in [3.8, 4) is 21.7 Å². The number of fused-ring (bicyclic) bond motifs is 1. The molecule has 5 rings (SSSR count). The molecular formula is C33H37F3N6O4S. The molecule has 4 aromatic rings. The van der Waals surface area contributed by atoms with E-state index in [2.05, 4.69) is 32.5 Å². The number of urea groups is 1. The number of nitrogens with zero attached hydrogens (tertiary/aromatic N) is 4. The maximum atomic E-state index is 13.7. The number of carbonyl (C=O) groups excluding carboxylic acids is 2. The summed E-state index contributed by atoms with van der Waals surface area (Å²) in [6.45, 7) is 7.95. The van der Waals surface area contributed by atoms with E-state index in [0.717, 1.165) is 49.1 Å². The molecule has 1 aliphatic rings. The Bertz CT molecular complexity index is 1830. The Labute approximate surface area is 274 Å². The lowest BCUT2D eigenvalue weighted by molar-refractivity contribution is -0.140. The number of hydrogen-bond donors (Lipinski definition) is 2. The zero-order valence-electron chi connectivity index (χ0n) is 26.6. The van der Waals surface area contributed by atoms with Crippen LogP contribution >= 0.6 is 11.3 Å². The van der Waals surface area contributed by atoms with Gasteiger partial charge in [-0.2, -0.15) is 13.2 Å². The number of carbonyl (C=O) groups is 2. The molecule has 14 heteroatoms. The number of rotatable bonds is 9. The number of piperidine rings is 1. The summed E-state index contributed by atoms with van der Waals surface area (Å²) >= 11 is 0.801. The van der Waals surface area contributed by atoms with Gasteiger partial charge in [0.1, 0.15) is 16.4 Å². The van der Waals surface area contributed by atoms with Gasteiger partial charge in [0.2, 0.25) is 5.43 Å². The molecule has 10 nitrogen and oxygen atoms in total. The van der Waals surface area contributed by atoms with Gasteiger partial charge < -0.3 is 19.5 Å². The summed E-state index contributed by atoms with van der Waals surface area (Å²) in [5.41, 5.74) is 0.115. The van der Waals surface area contributed by atoms with Crippen LogP contribution in [0.3, 0.4) is 0 Å². The Morgan fingerprint density at radius 3 is 2.55 bits per heavy atom. The van der Waals surface area contributed by atoms with Crippen molar-refractivity contribution < 1.29 is 27.5 Å². The van der Waals surface area contributed by atoms with E-state index in [1.165, 1.54) is 12.3 Å². The summed E-state index contributed by atoms with van der Waals surface area (Å²) in [6, 6.07) is 5.91. The molecule has 47 heavy (non-hydrogen) atoms. The van der Waals surface area contributed by atoms with Crippen molar-refractivity contribution in [2.24, 2.45) is 5.92 Å². The van der Waals surface area contributed by atoms with Crippen molar-refractivity contribution in [3.63, 3.8) is 0 Å². The highest BCUT2D eigenvalue weighted by Crippen LogP contribution is 2.39. The number of hydrogen-bond acceptors (Lipinski definition) is 8. The first-order valence-corrected chi connectivity index (χ1v) is 16.4. The van der Waals surface area contributed by atoms with Crippen molar-refractivity contribution >= 4 is 40.1 Å². The molecule has 0 unspecified atom stereocenters. The number of halogens is 3. The number of anilines is 1. The van der Waals surface area contributed by atoms with Crippen LogP contribution in [0, 0.1) is 5.92 Å². The lowest BCUT2D eigenvalue weighted by atomic mass is 9.93.